The number of primary amides is 1. The Morgan fingerprint density at radius 2 is 1.29 bits per heavy atom. The molecule has 0 bridgehead atoms. The van der Waals surface area contributed by atoms with Gasteiger partial charge in [-0.3, -0.25) is 72.2 Å². The molecule has 2 aromatic rings. The molecule has 0 aromatic heterocycles. The standard InChI is InChI=1S/C78H111N9O18/c1-13-50(8)72(65(103-11)44-70(96)85-34-18-22-61(85)73(104-12)51(9)62(89)41-55(76(99)100)39-52-19-15-14-16-20-52)82(10)75(98)59(48(4)5)43-64(91)71(49(6)7)83-35-37-84(38-36-83)78(102)105-46-54-25-23-53(24-26-54)40-63(90)60(21-17-33-80-77(79)101)81-74(97)58(47(2)3)42-57(88)28-27-56(87-68(94)31-32-69(87)95)45-86-66(92)29-30-67(86)93/h14-16,19-20,23-26,29-32,47-51,55-56,58-61,65,71-73H,13,17-18,21-22,27-28,33-46H2,1-12H3,(H,81,97)(H,99,100)(H3,79,80,101)/t50-,51-,55+,56?,58-,59-,60-,61-,65+,71-,72-,73+/m0/s1. The highest BCUT2D eigenvalue weighted by molar-refractivity contribution is 6.14. The van der Waals surface area contributed by atoms with E-state index in [1.807, 2.05) is 71.9 Å². The summed E-state index contributed by atoms with van der Waals surface area (Å²) in [4.78, 5) is 196. The minimum Gasteiger partial charge on any atom is -0.481 e. The van der Waals surface area contributed by atoms with Gasteiger partial charge in [0.05, 0.1) is 61.3 Å². The number of nitrogens with one attached hydrogen (secondary N) is 2. The Kier molecular flexibility index (Phi) is 32.9. The normalized spacial score (nSPS) is 18.7. The maximum atomic E-state index is 15.0. The van der Waals surface area contributed by atoms with Gasteiger partial charge in [0.1, 0.15) is 18.2 Å². The molecule has 10 amide bonds. The average Bonchev–Trinajstić information content (AvgIpc) is 1.77. The van der Waals surface area contributed by atoms with Crippen molar-refractivity contribution in [2.24, 2.45) is 53.1 Å². The molecule has 4 aliphatic heterocycles. The van der Waals surface area contributed by atoms with Crippen molar-refractivity contribution in [2.75, 3.05) is 67.1 Å². The number of hydrogen-bond acceptors (Lipinski definition) is 18. The zero-order valence-corrected chi connectivity index (χ0v) is 63.2. The fourth-order valence-electron chi connectivity index (χ4n) is 14.9. The Hall–Kier alpha value is -8.82. The molecule has 2 aromatic carbocycles. The zero-order chi connectivity index (χ0) is 77.5. The maximum absolute atomic E-state index is 15.0. The molecular weight excluding hydrogens is 1350 g/mol. The number of nitrogens with zero attached hydrogens (tertiary/aromatic N) is 6. The lowest BCUT2D eigenvalue weighted by atomic mass is 9.83. The van der Waals surface area contributed by atoms with Crippen LogP contribution < -0.4 is 16.4 Å². The number of ketones is 4. The molecule has 2 saturated heterocycles. The first-order valence-corrected chi connectivity index (χ1v) is 36.9. The molecule has 0 spiro atoms. The molecule has 12 atom stereocenters. The summed E-state index contributed by atoms with van der Waals surface area (Å²) in [5.74, 6) is -9.95. The van der Waals surface area contributed by atoms with Gasteiger partial charge < -0.3 is 50.4 Å². The lowest BCUT2D eigenvalue weighted by Crippen LogP contribution is -2.56. The van der Waals surface area contributed by atoms with Crippen LogP contribution >= 0.6 is 0 Å². The molecular formula is C78H111N9O18. The molecule has 5 N–H and O–H groups in total. The summed E-state index contributed by atoms with van der Waals surface area (Å²) in [7, 11) is 4.73. The number of carboxylic acid groups (broad SMARTS) is 1. The smallest absolute Gasteiger partial charge is 0.410 e. The molecule has 0 saturated carbocycles. The molecule has 0 aliphatic carbocycles. The number of urea groups is 1. The van der Waals surface area contributed by atoms with Gasteiger partial charge in [-0.15, -0.1) is 0 Å². The van der Waals surface area contributed by atoms with Crippen molar-refractivity contribution < 1.29 is 86.4 Å². The number of Topliss-reactive ketones (excluding diaryl/α,β-unsaturated/α-hetero) is 4. The van der Waals surface area contributed by atoms with Crippen LogP contribution in [0.4, 0.5) is 9.59 Å². The summed E-state index contributed by atoms with van der Waals surface area (Å²) in [5, 5.41) is 15.4. The van der Waals surface area contributed by atoms with E-state index >= 15 is 0 Å². The molecule has 576 valence electrons. The van der Waals surface area contributed by atoms with Gasteiger partial charge in [-0.1, -0.05) is 123 Å². The number of ether oxygens (including phenoxy) is 3. The number of aliphatic carboxylic acids is 1. The number of piperazine rings is 1. The lowest BCUT2D eigenvalue weighted by Gasteiger charge is -2.42. The minimum absolute atomic E-state index is 0.0434. The van der Waals surface area contributed by atoms with E-state index in [1.165, 1.54) is 14.2 Å². The largest absolute Gasteiger partial charge is 0.481 e. The molecule has 0 radical (unpaired) electrons. The van der Waals surface area contributed by atoms with Gasteiger partial charge in [0.2, 0.25) is 17.7 Å². The Morgan fingerprint density at radius 3 is 1.85 bits per heavy atom. The third kappa shape index (κ3) is 23.8. The van der Waals surface area contributed by atoms with E-state index in [1.54, 1.807) is 66.8 Å². The Labute approximate surface area is 617 Å². The highest BCUT2D eigenvalue weighted by Crippen LogP contribution is 2.33. The van der Waals surface area contributed by atoms with E-state index in [9.17, 15) is 72.2 Å². The second-order valence-electron chi connectivity index (χ2n) is 29.5. The average molecular weight is 1460 g/mol. The SMILES string of the molecule is CC[C@H](C)[C@@H]([C@@H](CC(=O)N1CCC[C@H]1[C@H](OC)[C@@H](C)C(=O)C[C@@H](Cc1ccccc1)C(=O)O)OC)N(C)C(=O)[C@@H](CC(=O)[C@H](C(C)C)N1CCN(C(=O)OCc2ccc(CC(=O)[C@H](CCCNC(N)=O)NC(=O)[C@@H](CC(=O)CCC(CN3C(=O)C=CC3=O)N3C(=O)C=CC3=O)C(C)C)cc2)CC1)C(C)C. The monoisotopic (exact) mass is 1460 g/mol. The number of hydrogen-bond donors (Lipinski definition) is 4. The summed E-state index contributed by atoms with van der Waals surface area (Å²) in [6.07, 6.45) is 3.77. The van der Waals surface area contributed by atoms with E-state index in [2.05, 4.69) is 15.5 Å². The van der Waals surface area contributed by atoms with Gasteiger partial charge in [0.15, 0.2) is 11.6 Å². The van der Waals surface area contributed by atoms with E-state index in [0.717, 1.165) is 39.7 Å². The number of imide groups is 2. The van der Waals surface area contributed by atoms with E-state index in [0.29, 0.717) is 50.0 Å². The lowest BCUT2D eigenvalue weighted by molar-refractivity contribution is -0.149. The quantitative estimate of drug-likeness (QED) is 0.0418. The summed E-state index contributed by atoms with van der Waals surface area (Å²) in [6, 6.07) is 11.6. The van der Waals surface area contributed by atoms with Crippen LogP contribution in [0, 0.1) is 47.3 Å². The van der Waals surface area contributed by atoms with Crippen LogP contribution in [0.1, 0.15) is 150 Å². The number of amides is 10. The maximum Gasteiger partial charge on any atom is 0.410 e. The fraction of sp³-hybridized carbons (Fsp3) is 0.615. The molecule has 105 heavy (non-hydrogen) atoms. The number of carbonyl (C=O) groups excluding carboxylic acids is 13. The summed E-state index contributed by atoms with van der Waals surface area (Å²) in [6.45, 7) is 18.4. The van der Waals surface area contributed by atoms with Crippen molar-refractivity contribution in [1.82, 2.24) is 40.0 Å². The van der Waals surface area contributed by atoms with Gasteiger partial charge in [-0.25, -0.2) is 9.59 Å². The number of carboxylic acids is 1. The zero-order valence-electron chi connectivity index (χ0n) is 63.2. The first kappa shape index (κ1) is 85.1. The number of benzene rings is 2. The second-order valence-corrected chi connectivity index (χ2v) is 29.5. The van der Waals surface area contributed by atoms with Crippen LogP contribution in [0.2, 0.25) is 0 Å². The first-order chi connectivity index (χ1) is 49.8. The molecule has 4 aliphatic rings. The van der Waals surface area contributed by atoms with E-state index in [4.69, 9.17) is 19.9 Å². The number of likely N-dealkylation sites (tertiary alicyclic amines) is 1. The molecule has 1 unspecified atom stereocenters. The van der Waals surface area contributed by atoms with E-state index < -0.39 is 120 Å². The van der Waals surface area contributed by atoms with Crippen molar-refractivity contribution in [1.29, 1.82) is 0 Å². The third-order valence-corrected chi connectivity index (χ3v) is 21.2. The molecule has 4 heterocycles. The van der Waals surface area contributed by atoms with Crippen molar-refractivity contribution in [3.05, 3.63) is 95.6 Å². The van der Waals surface area contributed by atoms with Crippen LogP contribution in [0.15, 0.2) is 78.9 Å². The third-order valence-electron chi connectivity index (χ3n) is 21.2. The van der Waals surface area contributed by atoms with Crippen molar-refractivity contribution in [2.45, 2.75) is 195 Å². The van der Waals surface area contributed by atoms with Gasteiger partial charge in [0.25, 0.3) is 23.6 Å². The predicted octanol–water partition coefficient (Wildman–Crippen LogP) is 6.29. The minimum atomic E-state index is -1.06. The Balaban J connectivity index is 1.01. The molecule has 27 nitrogen and oxygen atoms in total. The molecule has 2 fully saturated rings. The highest BCUT2D eigenvalue weighted by atomic mass is 16.6. The van der Waals surface area contributed by atoms with Crippen LogP contribution in [0.25, 0.3) is 0 Å². The topological polar surface area (TPSA) is 356 Å². The number of rotatable bonds is 43. The van der Waals surface area contributed by atoms with Gasteiger partial charge >= 0.3 is 18.1 Å². The Bertz CT molecular complexity index is 3420. The van der Waals surface area contributed by atoms with E-state index in [-0.39, 0.29) is 150 Å². The summed E-state index contributed by atoms with van der Waals surface area (Å²) in [5.41, 5.74) is 7.31. The van der Waals surface area contributed by atoms with Gasteiger partial charge in [-0.2, -0.15) is 0 Å². The molecule has 27 heteroatoms. The number of likely N-dealkylation sites (N-methyl/N-ethyl adjacent to an activating group) is 1. The fourth-order valence-corrected chi connectivity index (χ4v) is 14.9. The number of methoxy groups -OCH3 is 2. The highest BCUT2D eigenvalue weighted by Gasteiger charge is 2.45. The van der Waals surface area contributed by atoms with Crippen molar-refractivity contribution in [3.63, 3.8) is 0 Å². The number of nitrogens with two attached hydrogens (primary N) is 1. The van der Waals surface area contributed by atoms with Crippen LogP contribution in [-0.4, -0.2) is 227 Å². The molecule has 6 rings (SSSR count). The van der Waals surface area contributed by atoms with Crippen LogP contribution in [-0.2, 0) is 91.2 Å². The van der Waals surface area contributed by atoms with Crippen molar-refractivity contribution >= 4 is 82.6 Å². The number of carbonyl (C=O) groups is 14. The summed E-state index contributed by atoms with van der Waals surface area (Å²) < 4.78 is 17.9. The predicted molar refractivity (Wildman–Crippen MR) is 389 cm³/mol. The summed E-state index contributed by atoms with van der Waals surface area (Å²) >= 11 is 0. The Morgan fingerprint density at radius 1 is 0.676 bits per heavy atom. The van der Waals surface area contributed by atoms with Gasteiger partial charge in [0, 0.05) is 135 Å². The second kappa shape index (κ2) is 40.6. The van der Waals surface area contributed by atoms with Gasteiger partial charge in [-0.05, 0) is 78.9 Å². The van der Waals surface area contributed by atoms with Crippen molar-refractivity contribution in [3.8, 4) is 0 Å². The van der Waals surface area contributed by atoms with Crippen LogP contribution in [0.3, 0.4) is 0 Å². The van der Waals surface area contributed by atoms with Crippen LogP contribution in [0.5, 0.6) is 0 Å². The first-order valence-electron chi connectivity index (χ1n) is 36.9.